The Kier molecular flexibility index (Phi) is 4.10. The van der Waals surface area contributed by atoms with Crippen LogP contribution in [-0.4, -0.2) is 43.9 Å². The molecule has 0 atom stereocenters. The number of pyridine rings is 1. The van der Waals surface area contributed by atoms with E-state index in [0.29, 0.717) is 18.7 Å². The number of anilines is 1. The minimum absolute atomic E-state index is 0.00141. The van der Waals surface area contributed by atoms with E-state index in [-0.39, 0.29) is 5.41 Å². The molecule has 4 rings (SSSR count). The highest BCUT2D eigenvalue weighted by molar-refractivity contribution is 7.86. The molecule has 7 nitrogen and oxygen atoms in total. The number of hydrogen-bond acceptors (Lipinski definition) is 5. The Balaban J connectivity index is 1.60. The summed E-state index contributed by atoms with van der Waals surface area (Å²) >= 11 is 0. The van der Waals surface area contributed by atoms with Crippen molar-refractivity contribution in [1.29, 1.82) is 5.26 Å². The topological polar surface area (TPSA) is 103 Å². The van der Waals surface area contributed by atoms with Crippen LogP contribution in [0.2, 0.25) is 0 Å². The molecular weight excluding hydrogens is 350 g/mol. The highest BCUT2D eigenvalue weighted by Crippen LogP contribution is 2.43. The Bertz CT molecular complexity index is 990. The lowest BCUT2D eigenvalue weighted by Crippen LogP contribution is -2.43. The fraction of sp³-hybridized carbons (Fsp3) is 0.444. The largest absolute Gasteiger partial charge is 0.370 e. The van der Waals surface area contributed by atoms with Gasteiger partial charge in [-0.2, -0.15) is 18.0 Å². The summed E-state index contributed by atoms with van der Waals surface area (Å²) in [5.41, 5.74) is 2.40. The van der Waals surface area contributed by atoms with Gasteiger partial charge < -0.3 is 4.90 Å². The molecule has 0 amide bonds. The summed E-state index contributed by atoms with van der Waals surface area (Å²) in [6.45, 7) is 2.59. The first kappa shape index (κ1) is 17.2. The third kappa shape index (κ3) is 2.92. The molecule has 2 fully saturated rings. The molecule has 1 spiro atoms. The second-order valence-electron chi connectivity index (χ2n) is 7.26. The molecule has 2 aliphatic heterocycles. The van der Waals surface area contributed by atoms with Gasteiger partial charge in [-0.3, -0.25) is 4.98 Å². The molecule has 0 bridgehead atoms. The molecule has 2 aromatic rings. The van der Waals surface area contributed by atoms with Crippen LogP contribution in [0.4, 0.5) is 5.69 Å². The van der Waals surface area contributed by atoms with Gasteiger partial charge in [-0.15, -0.1) is 0 Å². The lowest BCUT2D eigenvalue weighted by Gasteiger charge is -2.40. The molecule has 1 aromatic carbocycles. The number of para-hydroxylation sites is 1. The van der Waals surface area contributed by atoms with Gasteiger partial charge in [0, 0.05) is 37.8 Å². The van der Waals surface area contributed by atoms with Crippen molar-refractivity contribution in [3.8, 4) is 6.07 Å². The van der Waals surface area contributed by atoms with E-state index < -0.39 is 10.2 Å². The SMILES string of the molecule is N#Cc1cnc2ccccc2c1N1CCC2(CC1)CCN(S(N)(=O)=O)C2. The number of hydrogen-bond donors (Lipinski definition) is 1. The number of rotatable bonds is 2. The summed E-state index contributed by atoms with van der Waals surface area (Å²) in [7, 11) is -3.61. The van der Waals surface area contributed by atoms with Gasteiger partial charge in [-0.1, -0.05) is 18.2 Å². The molecular formula is C18H21N5O2S. The number of nitrogens with zero attached hydrogens (tertiary/aromatic N) is 4. The van der Waals surface area contributed by atoms with Crippen molar-refractivity contribution in [2.24, 2.45) is 10.6 Å². The van der Waals surface area contributed by atoms with Gasteiger partial charge >= 0.3 is 0 Å². The van der Waals surface area contributed by atoms with E-state index in [1.54, 1.807) is 6.20 Å². The third-order valence-corrected chi connectivity index (χ3v) is 6.80. The summed E-state index contributed by atoms with van der Waals surface area (Å²) in [5, 5.41) is 15.8. The molecule has 2 saturated heterocycles. The zero-order valence-corrected chi connectivity index (χ0v) is 15.2. The Morgan fingerprint density at radius 1 is 1.15 bits per heavy atom. The zero-order valence-electron chi connectivity index (χ0n) is 14.4. The minimum Gasteiger partial charge on any atom is -0.370 e. The Labute approximate surface area is 153 Å². The predicted molar refractivity (Wildman–Crippen MR) is 99.6 cm³/mol. The van der Waals surface area contributed by atoms with Gasteiger partial charge in [-0.25, -0.2) is 5.14 Å². The molecule has 1 aromatic heterocycles. The number of fused-ring (bicyclic) bond motifs is 1. The molecule has 0 unspecified atom stereocenters. The first-order chi connectivity index (χ1) is 12.4. The van der Waals surface area contributed by atoms with E-state index in [4.69, 9.17) is 5.14 Å². The standard InChI is InChI=1S/C18H21N5O2S/c19-11-14-12-21-16-4-2-1-3-15(16)17(14)22-8-5-18(6-9-22)7-10-23(13-18)26(20,24)25/h1-4,12H,5-10,13H2,(H2,20,24,25). The van der Waals surface area contributed by atoms with Crippen LogP contribution >= 0.6 is 0 Å². The van der Waals surface area contributed by atoms with Gasteiger partial charge in [0.25, 0.3) is 10.2 Å². The average Bonchev–Trinajstić information content (AvgIpc) is 3.06. The normalized spacial score (nSPS) is 20.5. The van der Waals surface area contributed by atoms with Gasteiger partial charge in [0.2, 0.25) is 0 Å². The molecule has 3 heterocycles. The quantitative estimate of drug-likeness (QED) is 0.864. The molecule has 0 saturated carbocycles. The number of nitriles is 1. The van der Waals surface area contributed by atoms with E-state index in [0.717, 1.165) is 48.9 Å². The Morgan fingerprint density at radius 2 is 1.85 bits per heavy atom. The first-order valence-electron chi connectivity index (χ1n) is 8.73. The lowest BCUT2D eigenvalue weighted by molar-refractivity contribution is 0.235. The number of aromatic nitrogens is 1. The van der Waals surface area contributed by atoms with Crippen molar-refractivity contribution in [3.05, 3.63) is 36.0 Å². The third-order valence-electron chi connectivity index (χ3n) is 5.77. The number of piperidine rings is 1. The van der Waals surface area contributed by atoms with Crippen LogP contribution in [0.1, 0.15) is 24.8 Å². The number of nitrogens with two attached hydrogens (primary N) is 1. The Hall–Kier alpha value is -2.21. The van der Waals surface area contributed by atoms with E-state index in [2.05, 4.69) is 16.0 Å². The van der Waals surface area contributed by atoms with Crippen molar-refractivity contribution in [1.82, 2.24) is 9.29 Å². The Morgan fingerprint density at radius 3 is 2.50 bits per heavy atom. The smallest absolute Gasteiger partial charge is 0.276 e. The van der Waals surface area contributed by atoms with Crippen LogP contribution in [0.15, 0.2) is 30.5 Å². The van der Waals surface area contributed by atoms with Crippen LogP contribution in [-0.2, 0) is 10.2 Å². The summed E-state index contributed by atoms with van der Waals surface area (Å²) in [5.74, 6) is 0. The fourth-order valence-corrected chi connectivity index (χ4v) is 5.07. The predicted octanol–water partition coefficient (Wildman–Crippen LogP) is 1.60. The molecule has 2 N–H and O–H groups in total. The monoisotopic (exact) mass is 371 g/mol. The van der Waals surface area contributed by atoms with E-state index in [1.165, 1.54) is 4.31 Å². The molecule has 0 radical (unpaired) electrons. The van der Waals surface area contributed by atoms with E-state index >= 15 is 0 Å². The number of benzene rings is 1. The van der Waals surface area contributed by atoms with E-state index in [9.17, 15) is 13.7 Å². The van der Waals surface area contributed by atoms with Crippen molar-refractivity contribution in [2.75, 3.05) is 31.1 Å². The average molecular weight is 371 g/mol. The first-order valence-corrected chi connectivity index (χ1v) is 10.2. The minimum atomic E-state index is -3.61. The van der Waals surface area contributed by atoms with Crippen molar-refractivity contribution >= 4 is 26.8 Å². The molecule has 8 heteroatoms. The maximum Gasteiger partial charge on any atom is 0.276 e. The van der Waals surface area contributed by atoms with Crippen LogP contribution < -0.4 is 10.0 Å². The molecule has 0 aliphatic carbocycles. The maximum absolute atomic E-state index is 11.6. The van der Waals surface area contributed by atoms with Gasteiger partial charge in [0.15, 0.2) is 0 Å². The highest BCUT2D eigenvalue weighted by atomic mass is 32.2. The van der Waals surface area contributed by atoms with Gasteiger partial charge in [0.05, 0.1) is 16.8 Å². The van der Waals surface area contributed by atoms with Crippen LogP contribution in [0.3, 0.4) is 0 Å². The molecule has 2 aliphatic rings. The van der Waals surface area contributed by atoms with Gasteiger partial charge in [-0.05, 0) is 30.7 Å². The van der Waals surface area contributed by atoms with Crippen LogP contribution in [0.25, 0.3) is 10.9 Å². The maximum atomic E-state index is 11.6. The molecule has 136 valence electrons. The summed E-state index contributed by atoms with van der Waals surface area (Å²) < 4.78 is 24.6. The highest BCUT2D eigenvalue weighted by Gasteiger charge is 2.43. The van der Waals surface area contributed by atoms with Crippen LogP contribution in [0, 0.1) is 16.7 Å². The van der Waals surface area contributed by atoms with Crippen molar-refractivity contribution in [2.45, 2.75) is 19.3 Å². The summed E-state index contributed by atoms with van der Waals surface area (Å²) in [6, 6.07) is 10.1. The zero-order chi connectivity index (χ0) is 18.4. The van der Waals surface area contributed by atoms with Gasteiger partial charge in [0.1, 0.15) is 6.07 Å². The summed E-state index contributed by atoms with van der Waals surface area (Å²) in [6.07, 6.45) is 4.26. The molecule has 26 heavy (non-hydrogen) atoms. The second kappa shape index (κ2) is 6.20. The van der Waals surface area contributed by atoms with Crippen molar-refractivity contribution in [3.63, 3.8) is 0 Å². The van der Waals surface area contributed by atoms with Crippen LogP contribution in [0.5, 0.6) is 0 Å². The van der Waals surface area contributed by atoms with Crippen molar-refractivity contribution < 1.29 is 8.42 Å². The second-order valence-corrected chi connectivity index (χ2v) is 8.81. The lowest BCUT2D eigenvalue weighted by atomic mass is 9.77. The summed E-state index contributed by atoms with van der Waals surface area (Å²) in [4.78, 5) is 6.62. The fourth-order valence-electron chi connectivity index (χ4n) is 4.27. The van der Waals surface area contributed by atoms with E-state index in [1.807, 2.05) is 24.3 Å².